The summed E-state index contributed by atoms with van der Waals surface area (Å²) in [6, 6.07) is 8.07. The second-order valence-electron chi connectivity index (χ2n) is 11.2. The summed E-state index contributed by atoms with van der Waals surface area (Å²) >= 11 is 0. The molecule has 1 aliphatic rings. The summed E-state index contributed by atoms with van der Waals surface area (Å²) in [5, 5.41) is 0. The molecule has 3 aromatic rings. The van der Waals surface area contributed by atoms with E-state index in [9.17, 15) is 9.59 Å². The van der Waals surface area contributed by atoms with Crippen molar-refractivity contribution in [3.63, 3.8) is 0 Å². The first-order valence-electron chi connectivity index (χ1n) is 13.5. The molecule has 0 N–H and O–H groups in total. The molecule has 0 radical (unpaired) electrons. The van der Waals surface area contributed by atoms with Crippen LogP contribution < -0.4 is 4.90 Å². The van der Waals surface area contributed by atoms with Crippen molar-refractivity contribution in [2.75, 3.05) is 38.7 Å². The van der Waals surface area contributed by atoms with Crippen molar-refractivity contribution in [3.8, 4) is 11.1 Å². The number of nitrogens with zero attached hydrogens (tertiary/aromatic N) is 4. The third-order valence-electron chi connectivity index (χ3n) is 7.12. The summed E-state index contributed by atoms with van der Waals surface area (Å²) in [6.07, 6.45) is 5.10. The van der Waals surface area contributed by atoms with E-state index in [-0.39, 0.29) is 12.1 Å². The molecule has 0 spiro atoms. The fourth-order valence-corrected chi connectivity index (χ4v) is 5.13. The van der Waals surface area contributed by atoms with Crippen LogP contribution in [0.4, 0.5) is 10.6 Å². The van der Waals surface area contributed by atoms with Crippen LogP contribution in [-0.4, -0.2) is 65.7 Å². The van der Waals surface area contributed by atoms with Crippen LogP contribution in [0.25, 0.3) is 22.2 Å². The Hall–Kier alpha value is -3.81. The van der Waals surface area contributed by atoms with Gasteiger partial charge in [0.25, 0.3) is 0 Å². The standard InChI is InChI=1S/C31H40N4O4/c1-9-38-29(36)25-19-26-24(23-10-14-32-27(18-23)33(7)8)13-17-35(26)28(21(25)3)20(2)22-11-15-34(16-12-22)30(37)39-31(4,5)6/h10,13-14,17-19H,9,11-12,15-16H2,1-8H3. The number of fused-ring (bicyclic) bond motifs is 1. The molecule has 1 amide bonds. The van der Waals surface area contributed by atoms with Crippen LogP contribution in [0.3, 0.4) is 0 Å². The van der Waals surface area contributed by atoms with Gasteiger partial charge in [0.2, 0.25) is 0 Å². The van der Waals surface area contributed by atoms with Gasteiger partial charge in [0.05, 0.1) is 23.4 Å². The number of pyridine rings is 2. The van der Waals surface area contributed by atoms with Gasteiger partial charge in [-0.1, -0.05) is 5.57 Å². The summed E-state index contributed by atoms with van der Waals surface area (Å²) in [5.41, 5.74) is 7.28. The van der Waals surface area contributed by atoms with Gasteiger partial charge in [-0.15, -0.1) is 0 Å². The van der Waals surface area contributed by atoms with Crippen LogP contribution in [0.1, 0.15) is 69.1 Å². The topological polar surface area (TPSA) is 76.4 Å². The first-order valence-corrected chi connectivity index (χ1v) is 13.5. The van der Waals surface area contributed by atoms with Crippen molar-refractivity contribution in [1.29, 1.82) is 0 Å². The second kappa shape index (κ2) is 11.1. The van der Waals surface area contributed by atoms with Gasteiger partial charge in [0.15, 0.2) is 0 Å². The molecule has 8 nitrogen and oxygen atoms in total. The number of hydrogen-bond donors (Lipinski definition) is 0. The van der Waals surface area contributed by atoms with Crippen LogP contribution in [-0.2, 0) is 9.47 Å². The Bertz CT molecular complexity index is 1420. The van der Waals surface area contributed by atoms with Crippen LogP contribution >= 0.6 is 0 Å². The minimum atomic E-state index is -0.520. The van der Waals surface area contributed by atoms with Crippen molar-refractivity contribution >= 4 is 29.0 Å². The molecule has 39 heavy (non-hydrogen) atoms. The van der Waals surface area contributed by atoms with E-state index >= 15 is 0 Å². The summed E-state index contributed by atoms with van der Waals surface area (Å²) in [7, 11) is 3.93. The molecule has 1 fully saturated rings. The van der Waals surface area contributed by atoms with Gasteiger partial charge in [0.1, 0.15) is 11.4 Å². The fourth-order valence-electron chi connectivity index (χ4n) is 5.13. The third kappa shape index (κ3) is 5.95. The number of amides is 1. The van der Waals surface area contributed by atoms with E-state index < -0.39 is 5.60 Å². The minimum absolute atomic E-state index is 0.272. The van der Waals surface area contributed by atoms with Crippen molar-refractivity contribution in [2.45, 2.75) is 60.0 Å². The highest BCUT2D eigenvalue weighted by molar-refractivity contribution is 5.96. The molecule has 8 heteroatoms. The smallest absolute Gasteiger partial charge is 0.410 e. The number of rotatable bonds is 5. The van der Waals surface area contributed by atoms with Crippen LogP contribution in [0, 0.1) is 6.92 Å². The Kier molecular flexibility index (Phi) is 8.04. The second-order valence-corrected chi connectivity index (χ2v) is 11.2. The van der Waals surface area contributed by atoms with Crippen LogP contribution in [0.5, 0.6) is 0 Å². The lowest BCUT2D eigenvalue weighted by Gasteiger charge is -2.32. The Morgan fingerprint density at radius 1 is 1.10 bits per heavy atom. The van der Waals surface area contributed by atoms with E-state index in [1.807, 2.05) is 65.7 Å². The summed E-state index contributed by atoms with van der Waals surface area (Å²) in [6.45, 7) is 13.1. The maximum Gasteiger partial charge on any atom is 0.410 e. The Morgan fingerprint density at radius 2 is 1.79 bits per heavy atom. The van der Waals surface area contributed by atoms with Gasteiger partial charge >= 0.3 is 12.1 Å². The lowest BCUT2D eigenvalue weighted by atomic mass is 9.93. The lowest BCUT2D eigenvalue weighted by molar-refractivity contribution is 0.0236. The van der Waals surface area contributed by atoms with Crippen molar-refractivity contribution in [3.05, 3.63) is 59.1 Å². The van der Waals surface area contributed by atoms with E-state index in [2.05, 4.69) is 34.6 Å². The molecule has 0 saturated carbocycles. The number of anilines is 1. The maximum absolute atomic E-state index is 13.1. The zero-order valence-corrected chi connectivity index (χ0v) is 24.4. The van der Waals surface area contributed by atoms with Gasteiger partial charge in [-0.05, 0) is 95.3 Å². The predicted octanol–water partition coefficient (Wildman–Crippen LogP) is 6.36. The molecular formula is C31H40N4O4. The largest absolute Gasteiger partial charge is 0.462 e. The number of piperidine rings is 1. The molecule has 3 aromatic heterocycles. The highest BCUT2D eigenvalue weighted by atomic mass is 16.6. The molecule has 0 aliphatic carbocycles. The molecule has 0 atom stereocenters. The average molecular weight is 533 g/mol. The Labute approximate surface area is 231 Å². The predicted molar refractivity (Wildman–Crippen MR) is 155 cm³/mol. The molecule has 0 unspecified atom stereocenters. The highest BCUT2D eigenvalue weighted by Crippen LogP contribution is 2.35. The number of hydrogen-bond acceptors (Lipinski definition) is 6. The molecular weight excluding hydrogens is 492 g/mol. The summed E-state index contributed by atoms with van der Waals surface area (Å²) < 4.78 is 13.2. The van der Waals surface area contributed by atoms with Gasteiger partial charge in [-0.2, -0.15) is 0 Å². The number of likely N-dealkylation sites (tertiary alicyclic amines) is 1. The van der Waals surface area contributed by atoms with Gasteiger partial charge < -0.3 is 23.7 Å². The number of carbonyl (C=O) groups excluding carboxylic acids is 2. The normalized spacial score (nSPS) is 13.9. The van der Waals surface area contributed by atoms with Gasteiger partial charge in [-0.25, -0.2) is 14.6 Å². The highest BCUT2D eigenvalue weighted by Gasteiger charge is 2.27. The number of carbonyl (C=O) groups is 2. The average Bonchev–Trinajstić information content (AvgIpc) is 3.30. The first kappa shape index (κ1) is 28.2. The monoisotopic (exact) mass is 532 g/mol. The number of aromatic nitrogens is 2. The number of allylic oxidation sites excluding steroid dienone is 1. The van der Waals surface area contributed by atoms with Crippen molar-refractivity contribution in [2.24, 2.45) is 0 Å². The van der Waals surface area contributed by atoms with Crippen LogP contribution in [0.2, 0.25) is 0 Å². The summed E-state index contributed by atoms with van der Waals surface area (Å²) in [5.74, 6) is 0.534. The Morgan fingerprint density at radius 3 is 2.41 bits per heavy atom. The Balaban J connectivity index is 1.80. The third-order valence-corrected chi connectivity index (χ3v) is 7.12. The maximum atomic E-state index is 13.1. The van der Waals surface area contributed by atoms with Crippen LogP contribution in [0.15, 0.2) is 42.2 Å². The molecule has 1 aliphatic heterocycles. The molecule has 0 bridgehead atoms. The zero-order valence-electron chi connectivity index (χ0n) is 24.4. The molecule has 4 heterocycles. The van der Waals surface area contributed by atoms with Gasteiger partial charge in [-0.3, -0.25) is 0 Å². The minimum Gasteiger partial charge on any atom is -0.462 e. The van der Waals surface area contributed by atoms with Crippen molar-refractivity contribution < 1.29 is 19.1 Å². The zero-order chi connectivity index (χ0) is 28.5. The molecule has 4 rings (SSSR count). The molecule has 0 aromatic carbocycles. The van der Waals surface area contributed by atoms with Crippen molar-refractivity contribution in [1.82, 2.24) is 14.3 Å². The molecule has 208 valence electrons. The number of esters is 1. The fraction of sp³-hybridized carbons (Fsp3) is 0.452. The van der Waals surface area contributed by atoms with E-state index in [0.717, 1.165) is 52.1 Å². The molecule has 1 saturated heterocycles. The van der Waals surface area contributed by atoms with E-state index in [1.165, 1.54) is 5.57 Å². The quantitative estimate of drug-likeness (QED) is 0.356. The van der Waals surface area contributed by atoms with E-state index in [0.29, 0.717) is 25.3 Å². The first-order chi connectivity index (χ1) is 18.4. The van der Waals surface area contributed by atoms with Gasteiger partial charge in [0, 0.05) is 45.1 Å². The SMILES string of the molecule is CCOC(=O)c1cc2c(-c3ccnc(N(C)C)c3)ccn2c(C(C)=C2CCN(C(=O)OC(C)(C)C)CC2)c1C. The summed E-state index contributed by atoms with van der Waals surface area (Å²) in [4.78, 5) is 33.9. The number of ether oxygens (including phenoxy) is 2. The lowest BCUT2D eigenvalue weighted by Crippen LogP contribution is -2.40. The van der Waals surface area contributed by atoms with E-state index in [1.54, 1.807) is 11.1 Å². The van der Waals surface area contributed by atoms with E-state index in [4.69, 9.17) is 9.47 Å².